The van der Waals surface area contributed by atoms with Crippen molar-refractivity contribution in [2.24, 2.45) is 0 Å². The monoisotopic (exact) mass is 331 g/mol. The van der Waals surface area contributed by atoms with E-state index in [0.717, 1.165) is 30.2 Å². The van der Waals surface area contributed by atoms with E-state index in [9.17, 15) is 4.79 Å². The molecule has 5 nitrogen and oxygen atoms in total. The smallest absolute Gasteiger partial charge is 0.276 e. The number of aromatic nitrogens is 2. The van der Waals surface area contributed by atoms with Gasteiger partial charge in [0.05, 0.1) is 6.61 Å². The number of amides is 1. The fourth-order valence-electron chi connectivity index (χ4n) is 2.57. The number of nitrogens with zero attached hydrogens (tertiary/aromatic N) is 2. The van der Waals surface area contributed by atoms with E-state index in [0.29, 0.717) is 10.8 Å². The Morgan fingerprint density at radius 2 is 2.36 bits per heavy atom. The van der Waals surface area contributed by atoms with Gasteiger partial charge in [0.25, 0.3) is 5.91 Å². The van der Waals surface area contributed by atoms with Crippen LogP contribution in [0.5, 0.6) is 0 Å². The standard InChI is InChI=1S/C15H13N3O2S2/c19-13(18-15-16-4-6-21-15)11-8-22-14(17-11)10-1-2-12-9(7-10)3-5-20-12/h2,4,6-8,10H,1,3,5H2,(H,16,18,19). The van der Waals surface area contributed by atoms with Crippen molar-refractivity contribution in [3.05, 3.63) is 51.1 Å². The topological polar surface area (TPSA) is 64.1 Å². The number of anilines is 1. The molecule has 1 fully saturated rings. The highest BCUT2D eigenvalue weighted by molar-refractivity contribution is 7.13. The zero-order chi connectivity index (χ0) is 14.9. The second kappa shape index (κ2) is 5.66. The van der Waals surface area contributed by atoms with E-state index >= 15 is 0 Å². The summed E-state index contributed by atoms with van der Waals surface area (Å²) in [6.45, 7) is 0.768. The van der Waals surface area contributed by atoms with E-state index < -0.39 is 0 Å². The fraction of sp³-hybridized carbons (Fsp3) is 0.267. The summed E-state index contributed by atoms with van der Waals surface area (Å²) >= 11 is 2.92. The molecule has 2 aromatic rings. The van der Waals surface area contributed by atoms with Crippen LogP contribution in [0.3, 0.4) is 0 Å². The predicted octanol–water partition coefficient (Wildman–Crippen LogP) is 3.57. The van der Waals surface area contributed by atoms with E-state index in [1.807, 2.05) is 5.38 Å². The van der Waals surface area contributed by atoms with Crippen molar-refractivity contribution in [3.8, 4) is 0 Å². The predicted molar refractivity (Wildman–Crippen MR) is 86.3 cm³/mol. The van der Waals surface area contributed by atoms with Crippen LogP contribution in [-0.2, 0) is 4.74 Å². The summed E-state index contributed by atoms with van der Waals surface area (Å²) in [5.74, 6) is 1.06. The van der Waals surface area contributed by atoms with Crippen molar-refractivity contribution in [2.45, 2.75) is 18.8 Å². The Kier molecular flexibility index (Phi) is 3.51. The molecular formula is C15H13N3O2S2. The summed E-state index contributed by atoms with van der Waals surface area (Å²) in [7, 11) is 0. The van der Waals surface area contributed by atoms with Gasteiger partial charge in [-0.05, 0) is 18.1 Å². The first-order valence-corrected chi connectivity index (χ1v) is 8.76. The number of carbonyl (C=O) groups excluding carboxylic acids is 1. The molecule has 1 aliphatic carbocycles. The Hall–Kier alpha value is -1.99. The second-order valence-electron chi connectivity index (χ2n) is 5.06. The molecule has 1 amide bonds. The number of hydrogen-bond acceptors (Lipinski definition) is 6. The lowest BCUT2D eigenvalue weighted by atomic mass is 9.95. The van der Waals surface area contributed by atoms with Gasteiger partial charge in [-0.25, -0.2) is 9.97 Å². The van der Waals surface area contributed by atoms with Crippen LogP contribution in [0.4, 0.5) is 5.13 Å². The zero-order valence-electron chi connectivity index (χ0n) is 11.6. The maximum Gasteiger partial charge on any atom is 0.276 e. The van der Waals surface area contributed by atoms with Crippen molar-refractivity contribution < 1.29 is 9.53 Å². The van der Waals surface area contributed by atoms with Crippen LogP contribution in [-0.4, -0.2) is 22.5 Å². The Morgan fingerprint density at radius 1 is 1.41 bits per heavy atom. The van der Waals surface area contributed by atoms with Crippen LogP contribution < -0.4 is 5.32 Å². The third-order valence-corrected chi connectivity index (χ3v) is 5.29. The molecule has 0 spiro atoms. The Labute approximate surface area is 135 Å². The maximum absolute atomic E-state index is 12.1. The molecule has 0 bridgehead atoms. The van der Waals surface area contributed by atoms with E-state index in [4.69, 9.17) is 4.74 Å². The Balaban J connectivity index is 1.50. The molecule has 1 N–H and O–H groups in total. The fourth-order valence-corrected chi connectivity index (χ4v) is 3.97. The van der Waals surface area contributed by atoms with E-state index in [1.54, 1.807) is 11.6 Å². The summed E-state index contributed by atoms with van der Waals surface area (Å²) in [5.41, 5.74) is 1.71. The van der Waals surface area contributed by atoms with Crippen LogP contribution in [0.15, 0.2) is 40.4 Å². The summed E-state index contributed by atoms with van der Waals surface area (Å²) in [4.78, 5) is 20.7. The van der Waals surface area contributed by atoms with Crippen molar-refractivity contribution in [1.82, 2.24) is 9.97 Å². The first-order valence-electron chi connectivity index (χ1n) is 7.00. The van der Waals surface area contributed by atoms with Crippen molar-refractivity contribution >= 4 is 33.7 Å². The normalized spacial score (nSPS) is 19.9. The van der Waals surface area contributed by atoms with Gasteiger partial charge in [0.1, 0.15) is 16.5 Å². The average molecular weight is 331 g/mol. The maximum atomic E-state index is 12.1. The van der Waals surface area contributed by atoms with Gasteiger partial charge in [-0.3, -0.25) is 10.1 Å². The molecule has 1 aliphatic heterocycles. The van der Waals surface area contributed by atoms with Gasteiger partial charge >= 0.3 is 0 Å². The summed E-state index contributed by atoms with van der Waals surface area (Å²) in [5, 5.41) is 7.95. The Bertz CT molecular complexity index is 762. The number of rotatable bonds is 3. The lowest BCUT2D eigenvalue weighted by Crippen LogP contribution is -2.12. The lowest BCUT2D eigenvalue weighted by molar-refractivity contribution is 0.102. The van der Waals surface area contributed by atoms with Gasteiger partial charge in [-0.15, -0.1) is 22.7 Å². The molecule has 1 saturated heterocycles. The van der Waals surface area contributed by atoms with E-state index in [1.165, 1.54) is 28.2 Å². The minimum absolute atomic E-state index is 0.207. The second-order valence-corrected chi connectivity index (χ2v) is 6.85. The molecule has 7 heteroatoms. The highest BCUT2D eigenvalue weighted by Crippen LogP contribution is 2.36. The number of hydrogen-bond donors (Lipinski definition) is 1. The summed E-state index contributed by atoms with van der Waals surface area (Å²) in [6.07, 6.45) is 7.85. The molecule has 0 radical (unpaired) electrons. The number of thiazole rings is 2. The number of fused-ring (bicyclic) bond motifs is 1. The van der Waals surface area contributed by atoms with Gasteiger partial charge in [0.2, 0.25) is 0 Å². The van der Waals surface area contributed by atoms with Crippen LogP contribution in [0.1, 0.15) is 34.3 Å². The van der Waals surface area contributed by atoms with Gasteiger partial charge in [0, 0.05) is 29.3 Å². The SMILES string of the molecule is O=C(Nc1nccs1)c1csc(C2C=C3CCOC3=CC2)n1. The molecule has 1 atom stereocenters. The molecule has 2 aliphatic rings. The minimum Gasteiger partial charge on any atom is -0.493 e. The third-order valence-electron chi connectivity index (χ3n) is 3.63. The number of allylic oxidation sites excluding steroid dienone is 3. The minimum atomic E-state index is -0.207. The van der Waals surface area contributed by atoms with Gasteiger partial charge in [0.15, 0.2) is 5.13 Å². The molecule has 112 valence electrons. The van der Waals surface area contributed by atoms with Gasteiger partial charge < -0.3 is 4.74 Å². The molecule has 0 aromatic carbocycles. The quantitative estimate of drug-likeness (QED) is 0.934. The molecule has 2 aromatic heterocycles. The lowest BCUT2D eigenvalue weighted by Gasteiger charge is -2.14. The summed E-state index contributed by atoms with van der Waals surface area (Å²) in [6, 6.07) is 0. The van der Waals surface area contributed by atoms with Crippen molar-refractivity contribution in [2.75, 3.05) is 11.9 Å². The van der Waals surface area contributed by atoms with Gasteiger partial charge in [-0.1, -0.05) is 6.08 Å². The average Bonchev–Trinajstić information content (AvgIpc) is 3.27. The van der Waals surface area contributed by atoms with Crippen LogP contribution >= 0.6 is 22.7 Å². The molecule has 3 heterocycles. The van der Waals surface area contributed by atoms with Crippen LogP contribution in [0.25, 0.3) is 0 Å². The highest BCUT2D eigenvalue weighted by atomic mass is 32.1. The molecule has 1 unspecified atom stereocenters. The Morgan fingerprint density at radius 3 is 3.23 bits per heavy atom. The van der Waals surface area contributed by atoms with Crippen LogP contribution in [0.2, 0.25) is 0 Å². The third kappa shape index (κ3) is 2.57. The zero-order valence-corrected chi connectivity index (χ0v) is 13.2. The van der Waals surface area contributed by atoms with Crippen molar-refractivity contribution in [1.29, 1.82) is 0 Å². The van der Waals surface area contributed by atoms with Crippen LogP contribution in [0, 0.1) is 0 Å². The van der Waals surface area contributed by atoms with E-state index in [-0.39, 0.29) is 11.8 Å². The van der Waals surface area contributed by atoms with Gasteiger partial charge in [-0.2, -0.15) is 0 Å². The number of carbonyl (C=O) groups is 1. The summed E-state index contributed by atoms with van der Waals surface area (Å²) < 4.78 is 5.55. The first kappa shape index (κ1) is 13.7. The number of nitrogens with one attached hydrogen (secondary N) is 1. The molecule has 4 rings (SSSR count). The molecule has 0 saturated carbocycles. The highest BCUT2D eigenvalue weighted by Gasteiger charge is 2.24. The number of ether oxygens (including phenoxy) is 1. The largest absolute Gasteiger partial charge is 0.493 e. The first-order chi connectivity index (χ1) is 10.8. The van der Waals surface area contributed by atoms with E-state index in [2.05, 4.69) is 27.4 Å². The molecule has 22 heavy (non-hydrogen) atoms. The molecular weight excluding hydrogens is 318 g/mol. The van der Waals surface area contributed by atoms with Crippen molar-refractivity contribution in [3.63, 3.8) is 0 Å².